The molecule has 2 aromatic carbocycles. The van der Waals surface area contributed by atoms with Crippen LogP contribution in [0.4, 0.5) is 8.78 Å². The first-order chi connectivity index (χ1) is 20.8. The number of Topliss-reactive ketones (excluding diaryl/α,β-unsaturated/α-hetero) is 1. The molecule has 226 valence electrons. The molecule has 0 bridgehead atoms. The minimum Gasteiger partial charge on any atom is -0.434 e. The molecule has 1 aliphatic heterocycles. The maximum absolute atomic E-state index is 14.0. The molecule has 43 heavy (non-hydrogen) atoms. The second-order valence-electron chi connectivity index (χ2n) is 11.2. The molecule has 1 aliphatic carbocycles. The van der Waals surface area contributed by atoms with E-state index in [4.69, 9.17) is 0 Å². The number of carbonyl (C=O) groups excluding carboxylic acids is 3. The lowest BCUT2D eigenvalue weighted by molar-refractivity contribution is -0.126. The fourth-order valence-electron chi connectivity index (χ4n) is 6.37. The smallest absolute Gasteiger partial charge is 0.387 e. The van der Waals surface area contributed by atoms with Gasteiger partial charge in [-0.15, -0.1) is 0 Å². The third-order valence-corrected chi connectivity index (χ3v) is 8.47. The molecule has 1 saturated heterocycles. The van der Waals surface area contributed by atoms with Gasteiger partial charge in [0.1, 0.15) is 29.3 Å². The summed E-state index contributed by atoms with van der Waals surface area (Å²) in [6.07, 6.45) is 2.71. The number of hydrogen-bond donors (Lipinski definition) is 3. The van der Waals surface area contributed by atoms with E-state index >= 15 is 0 Å². The highest BCUT2D eigenvalue weighted by atomic mass is 19.3. The average molecular weight is 592 g/mol. The fraction of sp³-hybridized carbons (Fsp3) is 0.438. The number of aromatic nitrogens is 1. The third-order valence-electron chi connectivity index (χ3n) is 8.47. The van der Waals surface area contributed by atoms with Crippen LogP contribution in [0.2, 0.25) is 0 Å². The molecule has 11 heteroatoms. The zero-order valence-electron chi connectivity index (χ0n) is 23.9. The van der Waals surface area contributed by atoms with Gasteiger partial charge in [0.2, 0.25) is 5.91 Å². The Morgan fingerprint density at radius 3 is 2.65 bits per heavy atom. The number of nitriles is 1. The van der Waals surface area contributed by atoms with Gasteiger partial charge in [0.05, 0.1) is 12.1 Å². The van der Waals surface area contributed by atoms with Crippen LogP contribution in [0.1, 0.15) is 61.0 Å². The summed E-state index contributed by atoms with van der Waals surface area (Å²) >= 11 is 0. The summed E-state index contributed by atoms with van der Waals surface area (Å²) < 4.78 is 30.6. The molecule has 9 nitrogen and oxygen atoms in total. The van der Waals surface area contributed by atoms with Gasteiger partial charge in [-0.3, -0.25) is 14.4 Å². The first-order valence-electron chi connectivity index (χ1n) is 14.7. The number of rotatable bonds is 11. The van der Waals surface area contributed by atoms with Gasteiger partial charge in [0.15, 0.2) is 0 Å². The molecule has 3 N–H and O–H groups in total. The molecule has 2 fully saturated rings. The standard InChI is InChI=1S/C32H35F2N5O4/c1-2-36-26(17-35)24(14-20-10-6-12-28(20)40)38-30(41)27-15-21(19-8-4-3-5-9-19)18-39(27)31(42)25-16-22-23(37-25)11-7-13-29(22)43-32(33)34/h3-5,7-9,11,13,16,20-21,24,26-27,32,36-37H,2,6,10,12,14-15,18H2,1H3,(H,38,41)/t20-,21?,24-,26?,27-/m0/s1. The summed E-state index contributed by atoms with van der Waals surface area (Å²) in [6.45, 7) is -0.392. The lowest BCUT2D eigenvalue weighted by atomic mass is 9.92. The van der Waals surface area contributed by atoms with Crippen LogP contribution >= 0.6 is 0 Å². The van der Waals surface area contributed by atoms with Crippen molar-refractivity contribution in [2.24, 2.45) is 5.92 Å². The van der Waals surface area contributed by atoms with Crippen molar-refractivity contribution in [3.8, 4) is 11.8 Å². The molecule has 1 aromatic heterocycles. The van der Waals surface area contributed by atoms with Gasteiger partial charge in [0.25, 0.3) is 5.91 Å². The van der Waals surface area contributed by atoms with E-state index in [0.717, 1.165) is 18.4 Å². The minimum absolute atomic E-state index is 0.0593. The highest BCUT2D eigenvalue weighted by molar-refractivity contribution is 6.02. The van der Waals surface area contributed by atoms with Gasteiger partial charge >= 0.3 is 6.61 Å². The molecular weight excluding hydrogens is 556 g/mol. The summed E-state index contributed by atoms with van der Waals surface area (Å²) in [4.78, 5) is 44.9. The van der Waals surface area contributed by atoms with Crippen molar-refractivity contribution in [1.29, 1.82) is 5.26 Å². The third kappa shape index (κ3) is 6.70. The number of ether oxygens (including phenoxy) is 1. The molecule has 1 saturated carbocycles. The van der Waals surface area contributed by atoms with Gasteiger partial charge in [0, 0.05) is 35.7 Å². The predicted molar refractivity (Wildman–Crippen MR) is 156 cm³/mol. The number of amides is 2. The fourth-order valence-corrected chi connectivity index (χ4v) is 6.37. The number of H-pyrrole nitrogens is 1. The number of halogens is 2. The molecule has 0 radical (unpaired) electrons. The summed E-state index contributed by atoms with van der Waals surface area (Å²) in [5, 5.41) is 16.4. The second-order valence-corrected chi connectivity index (χ2v) is 11.2. The van der Waals surface area contributed by atoms with E-state index < -0.39 is 36.6 Å². The summed E-state index contributed by atoms with van der Waals surface area (Å²) in [7, 11) is 0. The molecule has 5 rings (SSSR count). The maximum atomic E-state index is 14.0. The molecule has 0 spiro atoms. The Balaban J connectivity index is 1.44. The minimum atomic E-state index is -3.02. The van der Waals surface area contributed by atoms with Gasteiger partial charge < -0.3 is 25.3 Å². The number of likely N-dealkylation sites (N-methyl/N-ethyl adjacent to an activating group) is 1. The number of nitrogens with zero attached hydrogens (tertiary/aromatic N) is 2. The Kier molecular flexibility index (Phi) is 9.36. The zero-order valence-corrected chi connectivity index (χ0v) is 23.9. The summed E-state index contributed by atoms with van der Waals surface area (Å²) in [5.74, 6) is -1.13. The number of carbonyl (C=O) groups is 3. The lowest BCUT2D eigenvalue weighted by Crippen LogP contribution is -2.55. The number of hydrogen-bond acceptors (Lipinski definition) is 6. The maximum Gasteiger partial charge on any atom is 0.387 e. The van der Waals surface area contributed by atoms with Gasteiger partial charge in [-0.2, -0.15) is 14.0 Å². The molecule has 2 amide bonds. The number of alkyl halides is 2. The van der Waals surface area contributed by atoms with Crippen molar-refractivity contribution in [2.45, 2.75) is 69.7 Å². The van der Waals surface area contributed by atoms with E-state index in [0.29, 0.717) is 36.7 Å². The predicted octanol–water partition coefficient (Wildman–Crippen LogP) is 4.51. The Morgan fingerprint density at radius 2 is 1.98 bits per heavy atom. The highest BCUT2D eigenvalue weighted by Gasteiger charge is 2.42. The van der Waals surface area contributed by atoms with Crippen molar-refractivity contribution in [1.82, 2.24) is 20.5 Å². The SMILES string of the molecule is CCNC(C#N)[C@H](C[C@@H]1CCCC1=O)NC(=O)[C@@H]1CC(c2ccccc2)CN1C(=O)c1cc2c(OC(F)F)cccc2[nH]1. The van der Waals surface area contributed by atoms with Crippen LogP contribution in [-0.2, 0) is 9.59 Å². The Labute approximate surface area is 248 Å². The Bertz CT molecular complexity index is 1500. The van der Waals surface area contributed by atoms with E-state index in [1.165, 1.54) is 17.0 Å². The molecule has 5 atom stereocenters. The molecule has 3 aromatic rings. The Hall–Kier alpha value is -4.30. The number of ketones is 1. The summed E-state index contributed by atoms with van der Waals surface area (Å²) in [5.41, 5.74) is 1.57. The van der Waals surface area contributed by atoms with Crippen LogP contribution in [0, 0.1) is 17.2 Å². The summed E-state index contributed by atoms with van der Waals surface area (Å²) in [6, 6.07) is 15.7. The van der Waals surface area contributed by atoms with Crippen molar-refractivity contribution in [3.05, 3.63) is 65.9 Å². The Morgan fingerprint density at radius 1 is 1.19 bits per heavy atom. The number of likely N-dealkylation sites (tertiary alicyclic amines) is 1. The van der Waals surface area contributed by atoms with Crippen LogP contribution in [0.5, 0.6) is 5.75 Å². The highest BCUT2D eigenvalue weighted by Crippen LogP contribution is 2.35. The van der Waals surface area contributed by atoms with E-state index in [-0.39, 0.29) is 35.6 Å². The normalized spacial score (nSPS) is 21.6. The lowest BCUT2D eigenvalue weighted by Gasteiger charge is -2.29. The van der Waals surface area contributed by atoms with Crippen LogP contribution in [-0.4, -0.2) is 65.3 Å². The van der Waals surface area contributed by atoms with E-state index in [9.17, 15) is 28.4 Å². The molecule has 2 unspecified atom stereocenters. The topological polar surface area (TPSA) is 127 Å². The van der Waals surface area contributed by atoms with Crippen molar-refractivity contribution >= 4 is 28.5 Å². The quantitative estimate of drug-likeness (QED) is 0.301. The van der Waals surface area contributed by atoms with Gasteiger partial charge in [-0.25, -0.2) is 0 Å². The van der Waals surface area contributed by atoms with Crippen LogP contribution in [0.15, 0.2) is 54.6 Å². The van der Waals surface area contributed by atoms with E-state index in [1.54, 1.807) is 12.1 Å². The number of benzene rings is 2. The van der Waals surface area contributed by atoms with Crippen molar-refractivity contribution in [2.75, 3.05) is 13.1 Å². The average Bonchev–Trinajstić information content (AvgIpc) is 3.74. The van der Waals surface area contributed by atoms with E-state index in [2.05, 4.69) is 26.4 Å². The monoisotopic (exact) mass is 591 g/mol. The molecule has 2 heterocycles. The van der Waals surface area contributed by atoms with Crippen molar-refractivity contribution < 1.29 is 27.9 Å². The largest absolute Gasteiger partial charge is 0.434 e. The van der Waals surface area contributed by atoms with Crippen LogP contribution in [0.3, 0.4) is 0 Å². The number of nitrogens with one attached hydrogen (secondary N) is 3. The van der Waals surface area contributed by atoms with Crippen LogP contribution < -0.4 is 15.4 Å². The van der Waals surface area contributed by atoms with Crippen molar-refractivity contribution in [3.63, 3.8) is 0 Å². The van der Waals surface area contributed by atoms with Crippen LogP contribution in [0.25, 0.3) is 10.9 Å². The number of fused-ring (bicyclic) bond motifs is 1. The van der Waals surface area contributed by atoms with Gasteiger partial charge in [-0.05, 0) is 56.0 Å². The molecular formula is C32H35F2N5O4. The number of aromatic amines is 1. The van der Waals surface area contributed by atoms with E-state index in [1.807, 2.05) is 37.3 Å². The zero-order chi connectivity index (χ0) is 30.5. The molecule has 2 aliphatic rings. The first-order valence-corrected chi connectivity index (χ1v) is 14.7. The van der Waals surface area contributed by atoms with Gasteiger partial charge in [-0.1, -0.05) is 43.3 Å². The second kappa shape index (κ2) is 13.3. The first kappa shape index (κ1) is 30.2.